The largest absolute Gasteiger partial charge is 0.465 e. The van der Waals surface area contributed by atoms with Crippen LogP contribution in [0.3, 0.4) is 0 Å². The van der Waals surface area contributed by atoms with Crippen LogP contribution in [0.4, 0.5) is 4.79 Å². The number of H-pyrrole nitrogens is 1. The van der Waals surface area contributed by atoms with Crippen molar-refractivity contribution in [2.24, 2.45) is 0 Å². The number of carboxylic acid groups (broad SMARTS) is 1. The predicted molar refractivity (Wildman–Crippen MR) is 54.8 cm³/mol. The third-order valence-corrected chi connectivity index (χ3v) is 2.78. The third-order valence-electron chi connectivity index (χ3n) is 2.78. The third kappa shape index (κ3) is 1.69. The van der Waals surface area contributed by atoms with Crippen molar-refractivity contribution in [2.45, 2.75) is 32.7 Å². The first kappa shape index (κ1) is 10.0. The zero-order chi connectivity index (χ0) is 11.0. The van der Waals surface area contributed by atoms with Crippen LogP contribution in [-0.4, -0.2) is 32.8 Å². The monoisotopic (exact) mass is 209 g/mol. The van der Waals surface area contributed by atoms with E-state index in [-0.39, 0.29) is 0 Å². The van der Waals surface area contributed by atoms with Crippen LogP contribution in [0.15, 0.2) is 0 Å². The van der Waals surface area contributed by atoms with Gasteiger partial charge in [0.25, 0.3) is 0 Å². The fourth-order valence-corrected chi connectivity index (χ4v) is 1.98. The minimum atomic E-state index is -0.860. The molecule has 0 fully saturated rings. The van der Waals surface area contributed by atoms with Crippen molar-refractivity contribution in [3.05, 3.63) is 17.0 Å². The molecule has 15 heavy (non-hydrogen) atoms. The molecule has 0 atom stereocenters. The standard InChI is InChI=1S/C10H15N3O2/c1-6(2)9-7-3-4-13(10(14)15)5-8(7)11-12-9/h6H,3-5H2,1-2H3,(H,11,12)(H,14,15). The normalized spacial score (nSPS) is 15.5. The van der Waals surface area contributed by atoms with Crippen LogP contribution < -0.4 is 0 Å². The van der Waals surface area contributed by atoms with Gasteiger partial charge in [0.1, 0.15) is 0 Å². The lowest BCUT2D eigenvalue weighted by Gasteiger charge is -2.24. The van der Waals surface area contributed by atoms with Crippen molar-refractivity contribution in [3.63, 3.8) is 0 Å². The second kappa shape index (κ2) is 3.56. The molecule has 0 bridgehead atoms. The molecule has 5 heteroatoms. The molecule has 82 valence electrons. The van der Waals surface area contributed by atoms with Gasteiger partial charge >= 0.3 is 6.09 Å². The van der Waals surface area contributed by atoms with Gasteiger partial charge in [0.2, 0.25) is 0 Å². The van der Waals surface area contributed by atoms with Gasteiger partial charge in [-0.25, -0.2) is 4.79 Å². The van der Waals surface area contributed by atoms with Gasteiger partial charge in [-0.3, -0.25) is 5.10 Å². The number of aromatic amines is 1. The second-order valence-electron chi connectivity index (χ2n) is 4.17. The highest BCUT2D eigenvalue weighted by molar-refractivity contribution is 5.65. The number of amides is 1. The van der Waals surface area contributed by atoms with E-state index in [4.69, 9.17) is 5.11 Å². The molecular formula is C10H15N3O2. The Kier molecular flexibility index (Phi) is 2.38. The molecule has 2 rings (SSSR count). The lowest BCUT2D eigenvalue weighted by Crippen LogP contribution is -2.34. The first-order chi connectivity index (χ1) is 7.09. The maximum Gasteiger partial charge on any atom is 0.407 e. The van der Waals surface area contributed by atoms with Crippen molar-refractivity contribution in [3.8, 4) is 0 Å². The van der Waals surface area contributed by atoms with Crippen LogP contribution >= 0.6 is 0 Å². The van der Waals surface area contributed by atoms with Gasteiger partial charge in [-0.1, -0.05) is 13.8 Å². The van der Waals surface area contributed by atoms with Gasteiger partial charge in [0, 0.05) is 12.1 Å². The van der Waals surface area contributed by atoms with E-state index in [1.807, 2.05) is 0 Å². The summed E-state index contributed by atoms with van der Waals surface area (Å²) in [7, 11) is 0. The Hall–Kier alpha value is -1.52. The summed E-state index contributed by atoms with van der Waals surface area (Å²) in [5.41, 5.74) is 3.24. The second-order valence-corrected chi connectivity index (χ2v) is 4.17. The van der Waals surface area contributed by atoms with E-state index in [9.17, 15) is 4.79 Å². The zero-order valence-corrected chi connectivity index (χ0v) is 8.95. The van der Waals surface area contributed by atoms with E-state index >= 15 is 0 Å². The number of rotatable bonds is 1. The Morgan fingerprint density at radius 2 is 2.33 bits per heavy atom. The average Bonchev–Trinajstić information content (AvgIpc) is 2.59. The van der Waals surface area contributed by atoms with E-state index in [1.54, 1.807) is 0 Å². The minimum absolute atomic E-state index is 0.390. The summed E-state index contributed by atoms with van der Waals surface area (Å²) in [6.45, 7) is 5.20. The molecule has 0 aliphatic carbocycles. The summed E-state index contributed by atoms with van der Waals surface area (Å²) in [6.07, 6.45) is -0.0904. The predicted octanol–water partition coefficient (Wildman–Crippen LogP) is 1.57. The molecular weight excluding hydrogens is 194 g/mol. The summed E-state index contributed by atoms with van der Waals surface area (Å²) >= 11 is 0. The van der Waals surface area contributed by atoms with Crippen molar-refractivity contribution in [2.75, 3.05) is 6.54 Å². The molecule has 5 nitrogen and oxygen atoms in total. The van der Waals surface area contributed by atoms with Crippen LogP contribution in [0.5, 0.6) is 0 Å². The Balaban J connectivity index is 2.26. The van der Waals surface area contributed by atoms with Crippen LogP contribution in [0.2, 0.25) is 0 Å². The highest BCUT2D eigenvalue weighted by atomic mass is 16.4. The van der Waals surface area contributed by atoms with Gasteiger partial charge < -0.3 is 10.0 Å². The van der Waals surface area contributed by atoms with Gasteiger partial charge in [0.15, 0.2) is 0 Å². The molecule has 0 unspecified atom stereocenters. The molecule has 1 aliphatic heterocycles. The molecule has 0 aromatic carbocycles. The highest BCUT2D eigenvalue weighted by Crippen LogP contribution is 2.24. The molecule has 1 aromatic heterocycles. The van der Waals surface area contributed by atoms with Crippen LogP contribution in [-0.2, 0) is 13.0 Å². The van der Waals surface area contributed by atoms with Crippen LogP contribution in [0.1, 0.15) is 36.7 Å². The maximum atomic E-state index is 10.8. The first-order valence-electron chi connectivity index (χ1n) is 5.13. The molecule has 1 aromatic rings. The summed E-state index contributed by atoms with van der Waals surface area (Å²) in [4.78, 5) is 12.2. The van der Waals surface area contributed by atoms with Crippen LogP contribution in [0, 0.1) is 0 Å². The smallest absolute Gasteiger partial charge is 0.407 e. The Morgan fingerprint density at radius 1 is 1.60 bits per heavy atom. The van der Waals surface area contributed by atoms with Crippen molar-refractivity contribution in [1.29, 1.82) is 0 Å². The molecule has 2 N–H and O–H groups in total. The lowest BCUT2D eigenvalue weighted by atomic mass is 9.99. The van der Waals surface area contributed by atoms with E-state index < -0.39 is 6.09 Å². The highest BCUT2D eigenvalue weighted by Gasteiger charge is 2.25. The Morgan fingerprint density at radius 3 is 2.93 bits per heavy atom. The molecule has 1 aliphatic rings. The van der Waals surface area contributed by atoms with Crippen molar-refractivity contribution >= 4 is 6.09 Å². The van der Waals surface area contributed by atoms with E-state index in [0.717, 1.165) is 17.8 Å². The average molecular weight is 209 g/mol. The van der Waals surface area contributed by atoms with E-state index in [0.29, 0.717) is 19.0 Å². The Bertz CT molecular complexity index is 384. The quantitative estimate of drug-likeness (QED) is 0.737. The summed E-state index contributed by atoms with van der Waals surface area (Å²) < 4.78 is 0. The lowest BCUT2D eigenvalue weighted by molar-refractivity contribution is 0.139. The van der Waals surface area contributed by atoms with Gasteiger partial charge in [-0.05, 0) is 12.3 Å². The van der Waals surface area contributed by atoms with Gasteiger partial charge in [-0.2, -0.15) is 5.10 Å². The van der Waals surface area contributed by atoms with Gasteiger partial charge in [0.05, 0.1) is 17.9 Å². The SMILES string of the molecule is CC(C)c1n[nH]c2c1CCN(C(=O)O)C2. The summed E-state index contributed by atoms with van der Waals surface area (Å²) in [5.74, 6) is 0.390. The minimum Gasteiger partial charge on any atom is -0.465 e. The van der Waals surface area contributed by atoms with E-state index in [2.05, 4.69) is 24.0 Å². The van der Waals surface area contributed by atoms with Crippen molar-refractivity contribution < 1.29 is 9.90 Å². The summed E-state index contributed by atoms with van der Waals surface area (Å²) in [5, 5.41) is 16.1. The number of hydrogen-bond acceptors (Lipinski definition) is 2. The van der Waals surface area contributed by atoms with Crippen LogP contribution in [0.25, 0.3) is 0 Å². The number of aromatic nitrogens is 2. The fourth-order valence-electron chi connectivity index (χ4n) is 1.98. The number of nitrogens with one attached hydrogen (secondary N) is 1. The topological polar surface area (TPSA) is 69.2 Å². The molecule has 0 radical (unpaired) electrons. The number of hydrogen-bond donors (Lipinski definition) is 2. The number of nitrogens with zero attached hydrogens (tertiary/aromatic N) is 2. The molecule has 0 saturated carbocycles. The molecule has 0 spiro atoms. The van der Waals surface area contributed by atoms with Crippen molar-refractivity contribution in [1.82, 2.24) is 15.1 Å². The zero-order valence-electron chi connectivity index (χ0n) is 8.95. The molecule has 1 amide bonds. The van der Waals surface area contributed by atoms with Gasteiger partial charge in [-0.15, -0.1) is 0 Å². The fraction of sp³-hybridized carbons (Fsp3) is 0.600. The number of carbonyl (C=O) groups is 1. The molecule has 0 saturated heterocycles. The maximum absolute atomic E-state index is 10.8. The first-order valence-corrected chi connectivity index (χ1v) is 5.13. The molecule has 2 heterocycles. The number of fused-ring (bicyclic) bond motifs is 1. The van der Waals surface area contributed by atoms with E-state index in [1.165, 1.54) is 10.5 Å². The Labute approximate surface area is 88.1 Å². The summed E-state index contributed by atoms with van der Waals surface area (Å²) in [6, 6.07) is 0.